The van der Waals surface area contributed by atoms with E-state index in [2.05, 4.69) is 10.6 Å². The van der Waals surface area contributed by atoms with Crippen LogP contribution in [-0.2, 0) is 28.8 Å². The first-order valence-corrected chi connectivity index (χ1v) is 12.2. The van der Waals surface area contributed by atoms with Crippen LogP contribution in [0, 0.1) is 6.92 Å². The minimum atomic E-state index is -0.139. The summed E-state index contributed by atoms with van der Waals surface area (Å²) >= 11 is 1.55. The third-order valence-corrected chi connectivity index (χ3v) is 7.54. The zero-order chi connectivity index (χ0) is 22.1. The van der Waals surface area contributed by atoms with Crippen LogP contribution in [-0.4, -0.2) is 31.1 Å². The largest absolute Gasteiger partial charge is 0.464 e. The Morgan fingerprint density at radius 2 is 2.06 bits per heavy atom. The van der Waals surface area contributed by atoms with Crippen LogP contribution in [0.5, 0.6) is 0 Å². The van der Waals surface area contributed by atoms with Gasteiger partial charge in [0.1, 0.15) is 10.6 Å². The first-order chi connectivity index (χ1) is 15.6. The number of carbonyl (C=O) groups is 2. The second-order valence-electron chi connectivity index (χ2n) is 8.75. The van der Waals surface area contributed by atoms with Crippen LogP contribution in [0.25, 0.3) is 11.0 Å². The molecule has 1 fully saturated rings. The Labute approximate surface area is 191 Å². The highest BCUT2D eigenvalue weighted by atomic mass is 32.1. The fourth-order valence-electron chi connectivity index (χ4n) is 4.67. The molecule has 0 bridgehead atoms. The fraction of sp³-hybridized carbons (Fsp3) is 0.440. The molecule has 0 radical (unpaired) electrons. The Morgan fingerprint density at radius 1 is 1.19 bits per heavy atom. The van der Waals surface area contributed by atoms with E-state index in [0.717, 1.165) is 72.8 Å². The molecule has 1 atom stereocenters. The number of carbonyl (C=O) groups excluding carboxylic acids is 2. The monoisotopic (exact) mass is 452 g/mol. The van der Waals surface area contributed by atoms with Crippen LogP contribution in [0.2, 0.25) is 0 Å². The van der Waals surface area contributed by atoms with E-state index in [0.29, 0.717) is 17.1 Å². The summed E-state index contributed by atoms with van der Waals surface area (Å²) in [7, 11) is 0. The molecule has 0 spiro atoms. The number of amides is 2. The van der Waals surface area contributed by atoms with E-state index < -0.39 is 0 Å². The number of thiophene rings is 1. The minimum Gasteiger partial charge on any atom is -0.464 e. The Balaban J connectivity index is 1.34. The lowest BCUT2D eigenvalue weighted by atomic mass is 9.95. The SMILES string of the molecule is Cc1ccc2c(CC(=O)Nc3sc4c(c3C(=O)NCC3CCCO3)CCCC4)coc2c1. The van der Waals surface area contributed by atoms with Gasteiger partial charge in [-0.25, -0.2) is 0 Å². The van der Waals surface area contributed by atoms with Crippen LogP contribution in [0.3, 0.4) is 0 Å². The Bertz CT molecular complexity index is 1160. The average molecular weight is 453 g/mol. The summed E-state index contributed by atoms with van der Waals surface area (Å²) in [5.74, 6) is -0.250. The number of benzene rings is 1. The molecule has 3 heterocycles. The summed E-state index contributed by atoms with van der Waals surface area (Å²) < 4.78 is 11.3. The Kier molecular flexibility index (Phi) is 6.02. The van der Waals surface area contributed by atoms with Crippen molar-refractivity contribution in [3.05, 3.63) is 51.6 Å². The lowest BCUT2D eigenvalue weighted by Crippen LogP contribution is -2.32. The highest BCUT2D eigenvalue weighted by molar-refractivity contribution is 7.17. The molecule has 168 valence electrons. The predicted molar refractivity (Wildman–Crippen MR) is 126 cm³/mol. The second-order valence-corrected chi connectivity index (χ2v) is 9.85. The van der Waals surface area contributed by atoms with E-state index in [9.17, 15) is 9.59 Å². The topological polar surface area (TPSA) is 80.6 Å². The highest BCUT2D eigenvalue weighted by Crippen LogP contribution is 2.38. The number of rotatable bonds is 6. The third kappa shape index (κ3) is 4.32. The minimum absolute atomic E-state index is 0.0875. The lowest BCUT2D eigenvalue weighted by Gasteiger charge is -2.15. The number of aryl methyl sites for hydroxylation is 2. The van der Waals surface area contributed by atoms with Crippen LogP contribution in [0.4, 0.5) is 5.00 Å². The molecule has 2 aliphatic rings. The molecule has 2 aromatic heterocycles. The molecule has 1 saturated heterocycles. The molecule has 2 N–H and O–H groups in total. The predicted octanol–water partition coefficient (Wildman–Crippen LogP) is 4.77. The number of nitrogens with one attached hydrogen (secondary N) is 2. The summed E-state index contributed by atoms with van der Waals surface area (Å²) in [5.41, 5.74) is 4.50. The van der Waals surface area contributed by atoms with E-state index in [1.165, 1.54) is 4.88 Å². The van der Waals surface area contributed by atoms with Gasteiger partial charge < -0.3 is 19.8 Å². The fourth-order valence-corrected chi connectivity index (χ4v) is 5.97. The van der Waals surface area contributed by atoms with E-state index in [4.69, 9.17) is 9.15 Å². The summed E-state index contributed by atoms with van der Waals surface area (Å²) in [4.78, 5) is 27.3. The first-order valence-electron chi connectivity index (χ1n) is 11.4. The maximum Gasteiger partial charge on any atom is 0.254 e. The number of hydrogen-bond acceptors (Lipinski definition) is 5. The molecule has 1 aromatic carbocycles. The number of ether oxygens (including phenoxy) is 1. The van der Waals surface area contributed by atoms with Crippen molar-refractivity contribution in [2.75, 3.05) is 18.5 Å². The summed E-state index contributed by atoms with van der Waals surface area (Å²) in [5, 5.41) is 7.69. The molecule has 5 rings (SSSR count). The maximum absolute atomic E-state index is 13.1. The standard InChI is InChI=1S/C25H28N2O4S/c1-15-8-9-18-16(14-31-20(18)11-15)12-22(28)27-25-23(19-6-2-3-7-21(19)32-25)24(29)26-13-17-5-4-10-30-17/h8-9,11,14,17H,2-7,10,12-13H2,1H3,(H,26,29)(H,27,28). The summed E-state index contributed by atoms with van der Waals surface area (Å²) in [6.07, 6.45) is 8.01. The molecular formula is C25H28N2O4S. The number of fused-ring (bicyclic) bond motifs is 2. The quantitative estimate of drug-likeness (QED) is 0.564. The normalized spacial score (nSPS) is 18.0. The van der Waals surface area contributed by atoms with Gasteiger partial charge in [0, 0.05) is 29.0 Å². The molecule has 0 saturated carbocycles. The maximum atomic E-state index is 13.1. The average Bonchev–Trinajstić information content (AvgIpc) is 3.50. The third-order valence-electron chi connectivity index (χ3n) is 6.33. The highest BCUT2D eigenvalue weighted by Gasteiger charge is 2.27. The van der Waals surface area contributed by atoms with Crippen molar-refractivity contribution in [3.8, 4) is 0 Å². The lowest BCUT2D eigenvalue weighted by molar-refractivity contribution is -0.115. The van der Waals surface area contributed by atoms with Crippen LogP contribution < -0.4 is 10.6 Å². The van der Waals surface area contributed by atoms with Gasteiger partial charge in [-0.1, -0.05) is 12.1 Å². The van der Waals surface area contributed by atoms with Crippen molar-refractivity contribution in [3.63, 3.8) is 0 Å². The van der Waals surface area contributed by atoms with Crippen LogP contribution in [0.1, 0.15) is 57.6 Å². The van der Waals surface area contributed by atoms with Gasteiger partial charge in [-0.15, -0.1) is 11.3 Å². The van der Waals surface area contributed by atoms with E-state index in [-0.39, 0.29) is 24.3 Å². The molecule has 32 heavy (non-hydrogen) atoms. The number of anilines is 1. The van der Waals surface area contributed by atoms with E-state index >= 15 is 0 Å². The molecule has 1 aliphatic heterocycles. The van der Waals surface area contributed by atoms with Gasteiger partial charge in [0.2, 0.25) is 5.91 Å². The van der Waals surface area contributed by atoms with Gasteiger partial charge in [0.25, 0.3) is 5.91 Å². The van der Waals surface area contributed by atoms with Gasteiger partial charge >= 0.3 is 0 Å². The first kappa shape index (κ1) is 21.2. The van der Waals surface area contributed by atoms with Gasteiger partial charge in [-0.2, -0.15) is 0 Å². The van der Waals surface area contributed by atoms with Crippen molar-refractivity contribution in [2.45, 2.75) is 58.0 Å². The molecule has 7 heteroatoms. The molecule has 3 aromatic rings. The van der Waals surface area contributed by atoms with Crippen molar-refractivity contribution >= 4 is 39.1 Å². The van der Waals surface area contributed by atoms with Crippen molar-refractivity contribution in [2.24, 2.45) is 0 Å². The Hall–Kier alpha value is -2.64. The summed E-state index contributed by atoms with van der Waals surface area (Å²) in [6, 6.07) is 5.98. The van der Waals surface area contributed by atoms with E-state index in [1.54, 1.807) is 17.6 Å². The second kappa shape index (κ2) is 9.08. The van der Waals surface area contributed by atoms with Gasteiger partial charge in [0.05, 0.1) is 24.4 Å². The number of furan rings is 1. The van der Waals surface area contributed by atoms with Crippen LogP contribution in [0.15, 0.2) is 28.9 Å². The molecule has 2 amide bonds. The van der Waals surface area contributed by atoms with Crippen molar-refractivity contribution in [1.82, 2.24) is 5.32 Å². The zero-order valence-corrected chi connectivity index (χ0v) is 19.1. The number of hydrogen-bond donors (Lipinski definition) is 2. The van der Waals surface area contributed by atoms with Gasteiger partial charge in [-0.05, 0) is 62.6 Å². The van der Waals surface area contributed by atoms with Crippen LogP contribution >= 0.6 is 11.3 Å². The molecule has 1 aliphatic carbocycles. The Morgan fingerprint density at radius 3 is 2.91 bits per heavy atom. The van der Waals surface area contributed by atoms with Gasteiger partial charge in [0.15, 0.2) is 0 Å². The molecule has 1 unspecified atom stereocenters. The van der Waals surface area contributed by atoms with Crippen molar-refractivity contribution in [1.29, 1.82) is 0 Å². The van der Waals surface area contributed by atoms with Gasteiger partial charge in [-0.3, -0.25) is 9.59 Å². The van der Waals surface area contributed by atoms with E-state index in [1.807, 2.05) is 25.1 Å². The zero-order valence-electron chi connectivity index (χ0n) is 18.3. The molecular weight excluding hydrogens is 424 g/mol. The van der Waals surface area contributed by atoms with Crippen molar-refractivity contribution < 1.29 is 18.7 Å². The summed E-state index contributed by atoms with van der Waals surface area (Å²) in [6.45, 7) is 3.29. The molecule has 6 nitrogen and oxygen atoms in total. The smallest absolute Gasteiger partial charge is 0.254 e.